The van der Waals surface area contributed by atoms with E-state index >= 15 is 0 Å². The number of hydrogen-bond donors (Lipinski definition) is 0. The van der Waals surface area contributed by atoms with Crippen LogP contribution in [0.3, 0.4) is 0 Å². The minimum absolute atomic E-state index is 0.295. The number of carbonyl (C=O) groups is 2. The number of rotatable bonds is 18. The van der Waals surface area contributed by atoms with Crippen LogP contribution in [0, 0.1) is 0 Å². The molecule has 0 saturated heterocycles. The first kappa shape index (κ1) is 26.2. The molecule has 1 aromatic carbocycles. The number of unbranched alkanes of at least 4 members (excludes halogenated alkanes) is 12. The fourth-order valence-corrected chi connectivity index (χ4v) is 3.44. The van der Waals surface area contributed by atoms with Crippen molar-refractivity contribution < 1.29 is 19.1 Å². The van der Waals surface area contributed by atoms with E-state index in [-0.39, 0.29) is 0 Å². The zero-order valence-corrected chi connectivity index (χ0v) is 19.3. The van der Waals surface area contributed by atoms with Crippen molar-refractivity contribution in [3.8, 4) is 0 Å². The normalized spacial score (nSPS) is 10.7. The van der Waals surface area contributed by atoms with Gasteiger partial charge in [0.05, 0.1) is 24.3 Å². The van der Waals surface area contributed by atoms with Gasteiger partial charge in [-0.05, 0) is 25.0 Å². The third-order valence-electron chi connectivity index (χ3n) is 5.33. The highest BCUT2D eigenvalue weighted by atomic mass is 16.5. The Bertz CT molecular complexity index is 582. The Balaban J connectivity index is 2.26. The molecule has 170 valence electrons. The molecule has 0 aliphatic carbocycles. The lowest BCUT2D eigenvalue weighted by Crippen LogP contribution is -2.15. The van der Waals surface area contributed by atoms with Crippen LogP contribution in [0.5, 0.6) is 0 Å². The molecule has 4 nitrogen and oxygen atoms in total. The summed E-state index contributed by atoms with van der Waals surface area (Å²) >= 11 is 0. The van der Waals surface area contributed by atoms with E-state index in [1.165, 1.54) is 57.8 Å². The Morgan fingerprint density at radius 3 is 1.27 bits per heavy atom. The Labute approximate surface area is 183 Å². The molecule has 0 heterocycles. The van der Waals surface area contributed by atoms with E-state index in [1.807, 2.05) is 0 Å². The van der Waals surface area contributed by atoms with E-state index in [4.69, 9.17) is 9.47 Å². The number of carbonyl (C=O) groups excluding carboxylic acids is 2. The molecule has 1 rings (SSSR count). The minimum atomic E-state index is -0.443. The van der Waals surface area contributed by atoms with E-state index in [0.717, 1.165) is 32.1 Å². The lowest BCUT2D eigenvalue weighted by Gasteiger charge is -2.10. The van der Waals surface area contributed by atoms with Gasteiger partial charge in [-0.15, -0.1) is 0 Å². The summed E-state index contributed by atoms with van der Waals surface area (Å²) < 4.78 is 10.8. The van der Waals surface area contributed by atoms with Crippen molar-refractivity contribution in [3.63, 3.8) is 0 Å². The first-order chi connectivity index (χ1) is 14.7. The van der Waals surface area contributed by atoms with Crippen LogP contribution in [0.2, 0.25) is 0 Å². The van der Waals surface area contributed by atoms with Crippen LogP contribution in [0.1, 0.15) is 124 Å². The molecule has 1 aromatic rings. The lowest BCUT2D eigenvalue weighted by atomic mass is 10.1. The lowest BCUT2D eigenvalue weighted by molar-refractivity contribution is 0.0450. The van der Waals surface area contributed by atoms with Gasteiger partial charge in [-0.1, -0.05) is 103 Å². The van der Waals surface area contributed by atoms with Gasteiger partial charge in [0.1, 0.15) is 0 Å². The van der Waals surface area contributed by atoms with E-state index in [1.54, 1.807) is 24.3 Å². The molecule has 0 aromatic heterocycles. The van der Waals surface area contributed by atoms with Crippen LogP contribution in [0.25, 0.3) is 0 Å². The molecule has 0 radical (unpaired) electrons. The predicted molar refractivity (Wildman–Crippen MR) is 123 cm³/mol. The van der Waals surface area contributed by atoms with Crippen LogP contribution in [-0.2, 0) is 9.47 Å². The third kappa shape index (κ3) is 12.0. The maximum Gasteiger partial charge on any atom is 0.339 e. The maximum atomic E-state index is 12.4. The molecule has 0 amide bonds. The van der Waals surface area contributed by atoms with E-state index < -0.39 is 11.9 Å². The zero-order chi connectivity index (χ0) is 21.9. The molecule has 4 heteroatoms. The SMILES string of the molecule is CCCCCCCCCCCOC(=O)c1ccccc1C(=O)OCCCCCCC. The molecule has 0 aliphatic heterocycles. The Morgan fingerprint density at radius 1 is 0.567 bits per heavy atom. The minimum Gasteiger partial charge on any atom is -0.462 e. The molecule has 0 aliphatic rings. The summed E-state index contributed by atoms with van der Waals surface area (Å²) in [6, 6.07) is 6.76. The Morgan fingerprint density at radius 2 is 0.900 bits per heavy atom. The van der Waals surface area contributed by atoms with Gasteiger partial charge in [-0.3, -0.25) is 0 Å². The molecule has 0 bridgehead atoms. The Hall–Kier alpha value is -1.84. The van der Waals surface area contributed by atoms with Gasteiger partial charge in [0.2, 0.25) is 0 Å². The number of benzene rings is 1. The number of esters is 2. The van der Waals surface area contributed by atoms with Gasteiger partial charge in [-0.25, -0.2) is 9.59 Å². The monoisotopic (exact) mass is 418 g/mol. The van der Waals surface area contributed by atoms with Gasteiger partial charge < -0.3 is 9.47 Å². The molecule has 0 atom stereocenters. The van der Waals surface area contributed by atoms with Crippen molar-refractivity contribution in [1.82, 2.24) is 0 Å². The van der Waals surface area contributed by atoms with E-state index in [0.29, 0.717) is 24.3 Å². The van der Waals surface area contributed by atoms with Crippen LogP contribution in [-0.4, -0.2) is 25.2 Å². The van der Waals surface area contributed by atoms with Crippen LogP contribution in [0.4, 0.5) is 0 Å². The number of hydrogen-bond acceptors (Lipinski definition) is 4. The molecular weight excluding hydrogens is 376 g/mol. The van der Waals surface area contributed by atoms with Crippen LogP contribution >= 0.6 is 0 Å². The Kier molecular flexibility index (Phi) is 15.7. The summed E-state index contributed by atoms with van der Waals surface area (Å²) in [7, 11) is 0. The van der Waals surface area contributed by atoms with Crippen molar-refractivity contribution in [2.24, 2.45) is 0 Å². The second-order valence-corrected chi connectivity index (χ2v) is 8.06. The molecule has 0 N–H and O–H groups in total. The largest absolute Gasteiger partial charge is 0.462 e. The summed E-state index contributed by atoms with van der Waals surface area (Å²) in [4.78, 5) is 24.8. The first-order valence-electron chi connectivity index (χ1n) is 12.1. The van der Waals surface area contributed by atoms with Gasteiger partial charge >= 0.3 is 11.9 Å². The maximum absolute atomic E-state index is 12.4. The van der Waals surface area contributed by atoms with Gasteiger partial charge in [0.25, 0.3) is 0 Å². The fourth-order valence-electron chi connectivity index (χ4n) is 3.44. The quantitative estimate of drug-likeness (QED) is 0.183. The fraction of sp³-hybridized carbons (Fsp3) is 0.692. The standard InChI is InChI=1S/C26H42O4/c1-3-5-7-9-10-11-12-14-18-22-30-26(28)24-20-16-15-19-23(24)25(27)29-21-17-13-8-6-4-2/h15-16,19-20H,3-14,17-18,21-22H2,1-2H3. The predicted octanol–water partition coefficient (Wildman–Crippen LogP) is 7.50. The van der Waals surface area contributed by atoms with Gasteiger partial charge in [0, 0.05) is 0 Å². The second kappa shape index (κ2) is 18.0. The van der Waals surface area contributed by atoms with Gasteiger partial charge in [-0.2, -0.15) is 0 Å². The van der Waals surface area contributed by atoms with E-state index in [2.05, 4.69) is 13.8 Å². The summed E-state index contributed by atoms with van der Waals surface area (Å²) in [6.45, 7) is 5.20. The molecule has 0 fully saturated rings. The third-order valence-corrected chi connectivity index (χ3v) is 5.33. The average Bonchev–Trinajstić information content (AvgIpc) is 2.77. The highest BCUT2D eigenvalue weighted by Gasteiger charge is 2.18. The van der Waals surface area contributed by atoms with Crippen molar-refractivity contribution in [1.29, 1.82) is 0 Å². The van der Waals surface area contributed by atoms with Crippen molar-refractivity contribution in [2.45, 2.75) is 104 Å². The highest BCUT2D eigenvalue weighted by molar-refractivity contribution is 6.03. The van der Waals surface area contributed by atoms with Crippen molar-refractivity contribution in [3.05, 3.63) is 35.4 Å². The summed E-state index contributed by atoms with van der Waals surface area (Å²) in [5, 5.41) is 0. The summed E-state index contributed by atoms with van der Waals surface area (Å²) in [6.07, 6.45) is 16.4. The first-order valence-corrected chi connectivity index (χ1v) is 12.1. The summed E-state index contributed by atoms with van der Waals surface area (Å²) in [5.41, 5.74) is 0.590. The molecule has 30 heavy (non-hydrogen) atoms. The average molecular weight is 419 g/mol. The van der Waals surface area contributed by atoms with Crippen molar-refractivity contribution >= 4 is 11.9 Å². The highest BCUT2D eigenvalue weighted by Crippen LogP contribution is 2.14. The zero-order valence-electron chi connectivity index (χ0n) is 19.3. The molecule has 0 spiro atoms. The molecular formula is C26H42O4. The van der Waals surface area contributed by atoms with E-state index in [9.17, 15) is 9.59 Å². The van der Waals surface area contributed by atoms with Gasteiger partial charge in [0.15, 0.2) is 0 Å². The summed E-state index contributed by atoms with van der Waals surface area (Å²) in [5.74, 6) is -0.883. The number of ether oxygens (including phenoxy) is 2. The molecule has 0 unspecified atom stereocenters. The topological polar surface area (TPSA) is 52.6 Å². The van der Waals surface area contributed by atoms with Crippen molar-refractivity contribution in [2.75, 3.05) is 13.2 Å². The van der Waals surface area contributed by atoms with Crippen LogP contribution < -0.4 is 0 Å². The van der Waals surface area contributed by atoms with Crippen LogP contribution in [0.15, 0.2) is 24.3 Å². The molecule has 0 saturated carbocycles. The second-order valence-electron chi connectivity index (χ2n) is 8.06. The smallest absolute Gasteiger partial charge is 0.339 e.